The molecule has 3 aromatic rings. The van der Waals surface area contributed by atoms with Crippen LogP contribution in [0.1, 0.15) is 27.3 Å². The van der Waals surface area contributed by atoms with E-state index in [9.17, 15) is 4.79 Å². The average Bonchev–Trinajstić information content (AvgIpc) is 3.23. The Labute approximate surface area is 143 Å². The molecule has 3 heterocycles. The summed E-state index contributed by atoms with van der Waals surface area (Å²) in [7, 11) is 0. The van der Waals surface area contributed by atoms with Gasteiger partial charge in [-0.1, -0.05) is 18.2 Å². The number of fused-ring (bicyclic) bond motifs is 1. The zero-order valence-corrected chi connectivity index (χ0v) is 14.4. The third-order valence-electron chi connectivity index (χ3n) is 4.11. The lowest BCUT2D eigenvalue weighted by Gasteiger charge is -2.29. The van der Waals surface area contributed by atoms with Crippen molar-refractivity contribution in [3.63, 3.8) is 0 Å². The van der Waals surface area contributed by atoms with Gasteiger partial charge in [-0.3, -0.25) is 4.79 Å². The molecule has 1 amide bonds. The van der Waals surface area contributed by atoms with Crippen molar-refractivity contribution in [2.24, 2.45) is 0 Å². The van der Waals surface area contributed by atoms with E-state index in [4.69, 9.17) is 0 Å². The fraction of sp³-hybridized carbons (Fsp3) is 0.222. The molecule has 0 atom stereocenters. The van der Waals surface area contributed by atoms with Crippen LogP contribution in [0.25, 0.3) is 10.6 Å². The number of hydrogen-bond acceptors (Lipinski definition) is 4. The van der Waals surface area contributed by atoms with Crippen LogP contribution in [0.3, 0.4) is 0 Å². The molecule has 2 aromatic heterocycles. The SMILES string of the molecule is Cc1nc(-c2ccsc2)sc1C(=O)N1CCCc2ccccc21. The largest absolute Gasteiger partial charge is 0.307 e. The molecule has 1 aliphatic heterocycles. The monoisotopic (exact) mass is 340 g/mol. The number of hydrogen-bond donors (Lipinski definition) is 0. The number of benzene rings is 1. The molecule has 23 heavy (non-hydrogen) atoms. The van der Waals surface area contributed by atoms with Crippen molar-refractivity contribution in [1.29, 1.82) is 0 Å². The molecule has 0 saturated heterocycles. The van der Waals surface area contributed by atoms with Crippen LogP contribution in [0.15, 0.2) is 41.1 Å². The van der Waals surface area contributed by atoms with Crippen molar-refractivity contribution in [2.75, 3.05) is 11.4 Å². The number of carbonyl (C=O) groups is 1. The summed E-state index contributed by atoms with van der Waals surface area (Å²) in [6, 6.07) is 10.3. The van der Waals surface area contributed by atoms with Gasteiger partial charge in [0.1, 0.15) is 9.88 Å². The van der Waals surface area contributed by atoms with Gasteiger partial charge in [0, 0.05) is 23.2 Å². The first-order chi connectivity index (χ1) is 11.2. The van der Waals surface area contributed by atoms with Crippen LogP contribution >= 0.6 is 22.7 Å². The molecule has 0 radical (unpaired) electrons. The molecule has 0 N–H and O–H groups in total. The lowest BCUT2D eigenvalue weighted by molar-refractivity contribution is 0.0988. The second kappa shape index (κ2) is 5.91. The number of para-hydroxylation sites is 1. The number of rotatable bonds is 2. The highest BCUT2D eigenvalue weighted by Gasteiger charge is 2.26. The molecule has 0 unspecified atom stereocenters. The fourth-order valence-electron chi connectivity index (χ4n) is 2.97. The van der Waals surface area contributed by atoms with E-state index in [0.29, 0.717) is 0 Å². The molecular formula is C18H16N2OS2. The van der Waals surface area contributed by atoms with Gasteiger partial charge in [0.2, 0.25) is 0 Å². The highest BCUT2D eigenvalue weighted by atomic mass is 32.1. The van der Waals surface area contributed by atoms with E-state index < -0.39 is 0 Å². The molecule has 0 bridgehead atoms. The number of amides is 1. The van der Waals surface area contributed by atoms with E-state index in [-0.39, 0.29) is 5.91 Å². The van der Waals surface area contributed by atoms with Gasteiger partial charge < -0.3 is 4.90 Å². The quantitative estimate of drug-likeness (QED) is 0.673. The zero-order chi connectivity index (χ0) is 15.8. The number of aromatic nitrogens is 1. The second-order valence-electron chi connectivity index (χ2n) is 5.63. The lowest BCUT2D eigenvalue weighted by Crippen LogP contribution is -2.35. The third-order valence-corrected chi connectivity index (χ3v) is 5.99. The van der Waals surface area contributed by atoms with Gasteiger partial charge in [0.25, 0.3) is 5.91 Å². The summed E-state index contributed by atoms with van der Waals surface area (Å²) in [4.78, 5) is 20.3. The van der Waals surface area contributed by atoms with E-state index in [1.165, 1.54) is 16.9 Å². The summed E-state index contributed by atoms with van der Waals surface area (Å²) >= 11 is 3.15. The van der Waals surface area contributed by atoms with Crippen LogP contribution in [0, 0.1) is 6.92 Å². The Bertz CT molecular complexity index is 852. The second-order valence-corrected chi connectivity index (χ2v) is 7.41. The van der Waals surface area contributed by atoms with Crippen molar-refractivity contribution < 1.29 is 4.79 Å². The standard InChI is InChI=1S/C18H16N2OS2/c1-12-16(23-17(19-12)14-8-10-22-11-14)18(21)20-9-4-6-13-5-2-3-7-15(13)20/h2-3,5,7-8,10-11H,4,6,9H2,1H3. The highest BCUT2D eigenvalue weighted by molar-refractivity contribution is 7.17. The maximum Gasteiger partial charge on any atom is 0.270 e. The molecule has 116 valence electrons. The Morgan fingerprint density at radius 2 is 2.13 bits per heavy atom. The van der Waals surface area contributed by atoms with Gasteiger partial charge in [-0.25, -0.2) is 4.98 Å². The molecule has 1 aliphatic rings. The van der Waals surface area contributed by atoms with Gasteiger partial charge >= 0.3 is 0 Å². The van der Waals surface area contributed by atoms with Gasteiger partial charge in [0.05, 0.1) is 5.69 Å². The molecular weight excluding hydrogens is 324 g/mol. The van der Waals surface area contributed by atoms with Crippen LogP contribution in [0.2, 0.25) is 0 Å². The first kappa shape index (κ1) is 14.6. The number of aryl methyl sites for hydroxylation is 2. The van der Waals surface area contributed by atoms with Gasteiger partial charge in [0.15, 0.2) is 0 Å². The Kier molecular flexibility index (Phi) is 3.75. The minimum absolute atomic E-state index is 0.0774. The molecule has 4 rings (SSSR count). The molecule has 0 spiro atoms. The van der Waals surface area contributed by atoms with Crippen LogP contribution in [-0.4, -0.2) is 17.4 Å². The van der Waals surface area contributed by atoms with Gasteiger partial charge in [-0.15, -0.1) is 11.3 Å². The van der Waals surface area contributed by atoms with Crippen molar-refractivity contribution in [3.8, 4) is 10.6 Å². The summed E-state index contributed by atoms with van der Waals surface area (Å²) in [5.41, 5.74) is 4.23. The molecule has 0 saturated carbocycles. The fourth-order valence-corrected chi connectivity index (χ4v) is 4.70. The normalized spacial score (nSPS) is 13.9. The predicted octanol–water partition coefficient (Wildman–Crippen LogP) is 4.77. The highest BCUT2D eigenvalue weighted by Crippen LogP contribution is 2.33. The summed E-state index contributed by atoms with van der Waals surface area (Å²) < 4.78 is 0. The first-order valence-corrected chi connectivity index (χ1v) is 9.40. The van der Waals surface area contributed by atoms with Crippen LogP contribution in [-0.2, 0) is 6.42 Å². The Morgan fingerprint density at radius 3 is 2.96 bits per heavy atom. The lowest BCUT2D eigenvalue weighted by atomic mass is 10.0. The third kappa shape index (κ3) is 2.60. The van der Waals surface area contributed by atoms with Gasteiger partial charge in [-0.2, -0.15) is 11.3 Å². The number of thiophene rings is 1. The average molecular weight is 340 g/mol. The number of carbonyl (C=O) groups excluding carboxylic acids is 1. The zero-order valence-electron chi connectivity index (χ0n) is 12.8. The molecule has 3 nitrogen and oxygen atoms in total. The topological polar surface area (TPSA) is 33.2 Å². The van der Waals surface area contributed by atoms with Crippen molar-refractivity contribution >= 4 is 34.3 Å². The summed E-state index contributed by atoms with van der Waals surface area (Å²) in [6.07, 6.45) is 2.06. The first-order valence-electron chi connectivity index (χ1n) is 7.64. The van der Waals surface area contributed by atoms with Crippen LogP contribution in [0.4, 0.5) is 5.69 Å². The Morgan fingerprint density at radius 1 is 1.26 bits per heavy atom. The van der Waals surface area contributed by atoms with E-state index in [1.54, 1.807) is 11.3 Å². The molecule has 0 aliphatic carbocycles. The molecule has 0 fully saturated rings. The number of nitrogens with zero attached hydrogens (tertiary/aromatic N) is 2. The summed E-state index contributed by atoms with van der Waals surface area (Å²) in [6.45, 7) is 2.70. The predicted molar refractivity (Wildman–Crippen MR) is 96.6 cm³/mol. The van der Waals surface area contributed by atoms with E-state index in [1.807, 2.05) is 41.5 Å². The number of anilines is 1. The maximum atomic E-state index is 13.1. The molecule has 1 aromatic carbocycles. The number of thiazole rings is 1. The smallest absolute Gasteiger partial charge is 0.270 e. The minimum Gasteiger partial charge on any atom is -0.307 e. The van der Waals surface area contributed by atoms with E-state index in [0.717, 1.165) is 46.2 Å². The Balaban J connectivity index is 1.71. The summed E-state index contributed by atoms with van der Waals surface area (Å²) in [5, 5.41) is 5.04. The Hall–Kier alpha value is -1.98. The van der Waals surface area contributed by atoms with Crippen molar-refractivity contribution in [1.82, 2.24) is 4.98 Å². The summed E-state index contributed by atoms with van der Waals surface area (Å²) in [5.74, 6) is 0.0774. The molecule has 5 heteroatoms. The van der Waals surface area contributed by atoms with Gasteiger partial charge in [-0.05, 0) is 42.8 Å². The van der Waals surface area contributed by atoms with E-state index >= 15 is 0 Å². The van der Waals surface area contributed by atoms with Crippen LogP contribution < -0.4 is 4.90 Å². The van der Waals surface area contributed by atoms with Crippen molar-refractivity contribution in [3.05, 3.63) is 57.2 Å². The minimum atomic E-state index is 0.0774. The van der Waals surface area contributed by atoms with Crippen molar-refractivity contribution in [2.45, 2.75) is 19.8 Å². The maximum absolute atomic E-state index is 13.1. The van der Waals surface area contributed by atoms with Crippen LogP contribution in [0.5, 0.6) is 0 Å². The van der Waals surface area contributed by atoms with E-state index in [2.05, 4.69) is 16.4 Å².